The first-order chi connectivity index (χ1) is 12.6. The molecule has 0 spiro atoms. The lowest BCUT2D eigenvalue weighted by atomic mass is 10.2. The normalized spacial score (nSPS) is 11.2. The zero-order valence-corrected chi connectivity index (χ0v) is 16.0. The molecule has 138 valence electrons. The number of benzene rings is 1. The van der Waals surface area contributed by atoms with Crippen LogP contribution in [0.2, 0.25) is 0 Å². The minimum Gasteiger partial charge on any atom is -0.385 e. The van der Waals surface area contributed by atoms with Crippen LogP contribution in [0, 0.1) is 13.8 Å². The molecule has 2 heterocycles. The fraction of sp³-hybridized carbons (Fsp3) is 0.389. The molecule has 0 unspecified atom stereocenters. The van der Waals surface area contributed by atoms with Crippen molar-refractivity contribution in [3.05, 3.63) is 57.8 Å². The zero-order chi connectivity index (χ0) is 18.5. The van der Waals surface area contributed by atoms with E-state index in [2.05, 4.69) is 45.6 Å². The van der Waals surface area contributed by atoms with Crippen molar-refractivity contribution in [2.45, 2.75) is 37.7 Å². The molecule has 3 aromatic rings. The van der Waals surface area contributed by atoms with Gasteiger partial charge >= 0.3 is 5.69 Å². The summed E-state index contributed by atoms with van der Waals surface area (Å²) in [6.07, 6.45) is 0.779. The molecular formula is C18H23N5O2S. The second-order valence-corrected chi connectivity index (χ2v) is 7.05. The van der Waals surface area contributed by atoms with Gasteiger partial charge in [0.1, 0.15) is 0 Å². The topological polar surface area (TPSA) is 77.7 Å². The first-order valence-electron chi connectivity index (χ1n) is 8.48. The SMILES string of the molecule is COCCCn1c(SCc2ccc(-n3nc(C)cc3C)cc2)n[nH]c1=O. The summed E-state index contributed by atoms with van der Waals surface area (Å²) in [6, 6.07) is 10.3. The summed E-state index contributed by atoms with van der Waals surface area (Å²) in [5.74, 6) is 0.742. The van der Waals surface area contributed by atoms with E-state index in [0.29, 0.717) is 18.3 Å². The number of H-pyrrole nitrogens is 1. The number of hydrogen-bond donors (Lipinski definition) is 1. The van der Waals surface area contributed by atoms with Crippen molar-refractivity contribution in [1.82, 2.24) is 24.5 Å². The lowest BCUT2D eigenvalue weighted by molar-refractivity contribution is 0.189. The van der Waals surface area contributed by atoms with Crippen molar-refractivity contribution in [2.24, 2.45) is 0 Å². The van der Waals surface area contributed by atoms with Crippen LogP contribution in [0.3, 0.4) is 0 Å². The van der Waals surface area contributed by atoms with Crippen LogP contribution in [0.25, 0.3) is 5.69 Å². The number of thioether (sulfide) groups is 1. The van der Waals surface area contributed by atoms with Crippen LogP contribution in [-0.2, 0) is 17.0 Å². The molecule has 3 rings (SSSR count). The van der Waals surface area contributed by atoms with Gasteiger partial charge in [-0.05, 0) is 44.0 Å². The van der Waals surface area contributed by atoms with E-state index in [0.717, 1.165) is 29.2 Å². The van der Waals surface area contributed by atoms with Crippen LogP contribution < -0.4 is 5.69 Å². The zero-order valence-electron chi connectivity index (χ0n) is 15.2. The second kappa shape index (κ2) is 8.37. The molecule has 26 heavy (non-hydrogen) atoms. The summed E-state index contributed by atoms with van der Waals surface area (Å²) in [5, 5.41) is 11.9. The number of nitrogens with zero attached hydrogens (tertiary/aromatic N) is 4. The minimum absolute atomic E-state index is 0.177. The Morgan fingerprint density at radius 2 is 2.00 bits per heavy atom. The number of aromatic nitrogens is 5. The van der Waals surface area contributed by atoms with Crippen LogP contribution in [0.15, 0.2) is 40.3 Å². The van der Waals surface area contributed by atoms with E-state index in [-0.39, 0.29) is 5.69 Å². The molecule has 0 saturated heterocycles. The van der Waals surface area contributed by atoms with Gasteiger partial charge in [-0.25, -0.2) is 14.6 Å². The first kappa shape index (κ1) is 18.5. The maximum absolute atomic E-state index is 11.9. The van der Waals surface area contributed by atoms with E-state index >= 15 is 0 Å². The summed E-state index contributed by atoms with van der Waals surface area (Å²) in [6.45, 7) is 5.26. The Hall–Kier alpha value is -2.32. The van der Waals surface area contributed by atoms with Crippen molar-refractivity contribution in [2.75, 3.05) is 13.7 Å². The standard InChI is InChI=1S/C18H23N5O2S/c1-13-11-14(2)23(21-13)16-7-5-15(6-8-16)12-26-18-20-19-17(24)22(18)9-4-10-25-3/h5-8,11H,4,9-10,12H2,1-3H3,(H,19,24). The van der Waals surface area contributed by atoms with E-state index < -0.39 is 0 Å². The fourth-order valence-corrected chi connectivity index (χ4v) is 3.68. The van der Waals surface area contributed by atoms with Gasteiger partial charge < -0.3 is 4.74 Å². The summed E-state index contributed by atoms with van der Waals surface area (Å²) in [7, 11) is 1.66. The van der Waals surface area contributed by atoms with Gasteiger partial charge in [0.25, 0.3) is 0 Å². The predicted molar refractivity (Wildman–Crippen MR) is 102 cm³/mol. The summed E-state index contributed by atoms with van der Waals surface area (Å²) in [5.41, 5.74) is 4.15. The van der Waals surface area contributed by atoms with Gasteiger partial charge in [0.2, 0.25) is 0 Å². The van der Waals surface area contributed by atoms with Crippen LogP contribution >= 0.6 is 11.8 Å². The number of nitrogens with one attached hydrogen (secondary N) is 1. The molecule has 0 aliphatic carbocycles. The second-order valence-electron chi connectivity index (χ2n) is 6.10. The average molecular weight is 373 g/mol. The third-order valence-corrected chi connectivity index (χ3v) is 5.06. The highest BCUT2D eigenvalue weighted by atomic mass is 32.2. The molecule has 2 aromatic heterocycles. The monoisotopic (exact) mass is 373 g/mol. The average Bonchev–Trinajstić information content (AvgIpc) is 3.16. The Balaban J connectivity index is 1.65. The maximum atomic E-state index is 11.9. The van der Waals surface area contributed by atoms with Gasteiger partial charge in [-0.15, -0.1) is 5.10 Å². The third-order valence-electron chi connectivity index (χ3n) is 4.01. The summed E-state index contributed by atoms with van der Waals surface area (Å²) >= 11 is 1.55. The van der Waals surface area contributed by atoms with Gasteiger partial charge in [-0.2, -0.15) is 5.10 Å². The van der Waals surface area contributed by atoms with Crippen LogP contribution in [0.4, 0.5) is 0 Å². The third kappa shape index (κ3) is 4.25. The Morgan fingerprint density at radius 3 is 2.65 bits per heavy atom. The van der Waals surface area contributed by atoms with Crippen molar-refractivity contribution in [3.63, 3.8) is 0 Å². The van der Waals surface area contributed by atoms with Crippen LogP contribution in [-0.4, -0.2) is 38.3 Å². The highest BCUT2D eigenvalue weighted by Crippen LogP contribution is 2.21. The number of ether oxygens (including phenoxy) is 1. The molecule has 0 fully saturated rings. The van der Waals surface area contributed by atoms with E-state index in [9.17, 15) is 4.79 Å². The van der Waals surface area contributed by atoms with Crippen molar-refractivity contribution < 1.29 is 4.74 Å². The van der Waals surface area contributed by atoms with Crippen molar-refractivity contribution >= 4 is 11.8 Å². The van der Waals surface area contributed by atoms with Gasteiger partial charge in [-0.3, -0.25) is 4.57 Å². The molecule has 1 N–H and O–H groups in total. The van der Waals surface area contributed by atoms with Gasteiger partial charge in [0, 0.05) is 31.7 Å². The Labute approximate surface area is 156 Å². The van der Waals surface area contributed by atoms with Gasteiger partial charge in [0.05, 0.1) is 11.4 Å². The molecule has 1 aromatic carbocycles. The Morgan fingerprint density at radius 1 is 1.23 bits per heavy atom. The number of aromatic amines is 1. The van der Waals surface area contributed by atoms with Crippen LogP contribution in [0.1, 0.15) is 23.4 Å². The molecule has 8 heteroatoms. The fourth-order valence-electron chi connectivity index (χ4n) is 2.75. The number of hydrogen-bond acceptors (Lipinski definition) is 5. The highest BCUT2D eigenvalue weighted by Gasteiger charge is 2.09. The molecule has 0 aliphatic heterocycles. The van der Waals surface area contributed by atoms with Crippen molar-refractivity contribution in [3.8, 4) is 5.69 Å². The lowest BCUT2D eigenvalue weighted by Crippen LogP contribution is -2.18. The van der Waals surface area contributed by atoms with Gasteiger partial charge in [0.15, 0.2) is 5.16 Å². The lowest BCUT2D eigenvalue weighted by Gasteiger charge is -2.07. The van der Waals surface area contributed by atoms with E-state index in [1.807, 2.05) is 18.5 Å². The Kier molecular flexibility index (Phi) is 5.95. The molecule has 0 aliphatic rings. The first-order valence-corrected chi connectivity index (χ1v) is 9.46. The predicted octanol–water partition coefficient (Wildman–Crippen LogP) is 2.70. The number of rotatable bonds is 8. The molecule has 0 bridgehead atoms. The smallest absolute Gasteiger partial charge is 0.343 e. The quantitative estimate of drug-likeness (QED) is 0.485. The highest BCUT2D eigenvalue weighted by molar-refractivity contribution is 7.98. The minimum atomic E-state index is -0.177. The van der Waals surface area contributed by atoms with E-state index in [4.69, 9.17) is 4.74 Å². The number of aryl methyl sites for hydroxylation is 2. The largest absolute Gasteiger partial charge is 0.385 e. The molecule has 7 nitrogen and oxygen atoms in total. The van der Waals surface area contributed by atoms with Gasteiger partial charge in [-0.1, -0.05) is 23.9 Å². The summed E-state index contributed by atoms with van der Waals surface area (Å²) < 4.78 is 8.65. The summed E-state index contributed by atoms with van der Waals surface area (Å²) in [4.78, 5) is 11.9. The van der Waals surface area contributed by atoms with Crippen LogP contribution in [0.5, 0.6) is 0 Å². The Bertz CT molecular complexity index is 911. The molecule has 0 amide bonds. The molecule has 0 atom stereocenters. The van der Waals surface area contributed by atoms with E-state index in [1.165, 1.54) is 5.56 Å². The number of methoxy groups -OCH3 is 1. The maximum Gasteiger partial charge on any atom is 0.343 e. The van der Waals surface area contributed by atoms with E-state index in [1.54, 1.807) is 23.4 Å². The molecular weight excluding hydrogens is 350 g/mol. The molecule has 0 radical (unpaired) electrons. The molecule has 0 saturated carbocycles. The van der Waals surface area contributed by atoms with Crippen molar-refractivity contribution in [1.29, 1.82) is 0 Å².